The van der Waals surface area contributed by atoms with Crippen LogP contribution in [0.25, 0.3) is 0 Å². The minimum atomic E-state index is -0.105. The number of H-pyrrole nitrogens is 1. The van der Waals surface area contributed by atoms with Crippen molar-refractivity contribution in [2.24, 2.45) is 5.92 Å². The quantitative estimate of drug-likeness (QED) is 0.647. The van der Waals surface area contributed by atoms with E-state index in [-0.39, 0.29) is 11.9 Å². The summed E-state index contributed by atoms with van der Waals surface area (Å²) in [6.07, 6.45) is 4.32. The molecule has 1 atom stereocenters. The Morgan fingerprint density at radius 1 is 1.77 bits per heavy atom. The van der Waals surface area contributed by atoms with Crippen molar-refractivity contribution in [1.29, 1.82) is 0 Å². The molecule has 1 heterocycles. The Hall–Kier alpha value is -1.32. The van der Waals surface area contributed by atoms with Gasteiger partial charge in [0.2, 0.25) is 0 Å². The van der Waals surface area contributed by atoms with E-state index in [1.165, 1.54) is 12.8 Å². The number of carbonyl (C=O) groups excluding carboxylic acids is 1. The van der Waals surface area contributed by atoms with E-state index in [9.17, 15) is 4.79 Å². The van der Waals surface area contributed by atoms with Crippen molar-refractivity contribution < 1.29 is 9.53 Å². The highest BCUT2D eigenvalue weighted by atomic mass is 16.5. The van der Waals surface area contributed by atoms with E-state index in [0.29, 0.717) is 0 Å². The van der Waals surface area contributed by atoms with Gasteiger partial charge in [0.15, 0.2) is 0 Å². The monoisotopic (exact) mass is 180 g/mol. The van der Waals surface area contributed by atoms with E-state index in [1.807, 2.05) is 0 Å². The van der Waals surface area contributed by atoms with Crippen LogP contribution in [0.15, 0.2) is 6.20 Å². The van der Waals surface area contributed by atoms with Crippen molar-refractivity contribution >= 4 is 5.97 Å². The summed E-state index contributed by atoms with van der Waals surface area (Å²) in [4.78, 5) is 11.2. The zero-order valence-electron chi connectivity index (χ0n) is 7.54. The van der Waals surface area contributed by atoms with E-state index in [0.717, 1.165) is 24.8 Å². The summed E-state index contributed by atoms with van der Waals surface area (Å²) in [6, 6.07) is 0. The number of carbonyl (C=O) groups is 1. The average molecular weight is 180 g/mol. The summed E-state index contributed by atoms with van der Waals surface area (Å²) >= 11 is 0. The minimum absolute atomic E-state index is 0.0232. The van der Waals surface area contributed by atoms with Gasteiger partial charge in [-0.3, -0.25) is 9.89 Å². The predicted octanol–water partition coefficient (Wildman–Crippen LogP) is 0.688. The molecule has 0 spiro atoms. The summed E-state index contributed by atoms with van der Waals surface area (Å²) in [7, 11) is 1.44. The first kappa shape index (κ1) is 8.29. The molecule has 0 unspecified atom stereocenters. The van der Waals surface area contributed by atoms with Crippen LogP contribution in [-0.2, 0) is 22.4 Å². The highest BCUT2D eigenvalue weighted by molar-refractivity contribution is 5.73. The third-order valence-corrected chi connectivity index (χ3v) is 2.55. The largest absolute Gasteiger partial charge is 0.469 e. The van der Waals surface area contributed by atoms with Crippen LogP contribution in [0.1, 0.15) is 17.7 Å². The topological polar surface area (TPSA) is 55.0 Å². The second-order valence-electron chi connectivity index (χ2n) is 3.34. The number of nitrogens with one attached hydrogen (secondary N) is 1. The number of methoxy groups -OCH3 is 1. The lowest BCUT2D eigenvalue weighted by Gasteiger charge is -2.18. The van der Waals surface area contributed by atoms with Crippen molar-refractivity contribution in [2.45, 2.75) is 19.3 Å². The Labute approximate surface area is 76.3 Å². The van der Waals surface area contributed by atoms with Crippen LogP contribution >= 0.6 is 0 Å². The Balaban J connectivity index is 2.13. The second kappa shape index (κ2) is 3.20. The molecule has 4 heteroatoms. The number of rotatable bonds is 1. The van der Waals surface area contributed by atoms with Gasteiger partial charge in [0.05, 0.1) is 19.2 Å². The number of fused-ring (bicyclic) bond motifs is 1. The molecule has 1 N–H and O–H groups in total. The van der Waals surface area contributed by atoms with Crippen LogP contribution in [0.5, 0.6) is 0 Å². The van der Waals surface area contributed by atoms with Gasteiger partial charge in [0.1, 0.15) is 0 Å². The van der Waals surface area contributed by atoms with Crippen LogP contribution in [0.3, 0.4) is 0 Å². The molecule has 0 amide bonds. The molecule has 1 aromatic heterocycles. The van der Waals surface area contributed by atoms with E-state index >= 15 is 0 Å². The number of hydrogen-bond acceptors (Lipinski definition) is 3. The lowest BCUT2D eigenvalue weighted by atomic mass is 9.88. The lowest BCUT2D eigenvalue weighted by molar-refractivity contribution is -0.145. The number of ether oxygens (including phenoxy) is 1. The molecule has 4 nitrogen and oxygen atoms in total. The molecule has 1 aromatic rings. The molecule has 0 fully saturated rings. The van der Waals surface area contributed by atoms with Gasteiger partial charge in [-0.2, -0.15) is 5.10 Å². The van der Waals surface area contributed by atoms with Gasteiger partial charge >= 0.3 is 5.97 Å². The standard InChI is InChI=1S/C9H12N2O2/c1-13-9(12)6-2-3-8-7(4-6)5-10-11-8/h5-6H,2-4H2,1H3,(H,10,11)/t6-/m0/s1. The fourth-order valence-electron chi connectivity index (χ4n) is 1.78. The SMILES string of the molecule is COC(=O)[C@H]1CCc2[nH]ncc2C1. The summed E-state index contributed by atoms with van der Waals surface area (Å²) in [5, 5.41) is 6.88. The molecule has 0 bridgehead atoms. The smallest absolute Gasteiger partial charge is 0.309 e. The maximum absolute atomic E-state index is 11.2. The highest BCUT2D eigenvalue weighted by Crippen LogP contribution is 2.24. The Morgan fingerprint density at radius 3 is 3.38 bits per heavy atom. The first-order valence-electron chi connectivity index (χ1n) is 4.40. The number of aryl methyl sites for hydroxylation is 1. The van der Waals surface area contributed by atoms with Gasteiger partial charge in [-0.05, 0) is 24.8 Å². The molecule has 1 aliphatic rings. The van der Waals surface area contributed by atoms with Gasteiger partial charge in [0.25, 0.3) is 0 Å². The highest BCUT2D eigenvalue weighted by Gasteiger charge is 2.26. The molecular formula is C9H12N2O2. The molecule has 13 heavy (non-hydrogen) atoms. The van der Waals surface area contributed by atoms with Gasteiger partial charge in [0, 0.05) is 5.69 Å². The Morgan fingerprint density at radius 2 is 2.62 bits per heavy atom. The Kier molecular flexibility index (Phi) is 2.04. The third kappa shape index (κ3) is 1.43. The van der Waals surface area contributed by atoms with Crippen molar-refractivity contribution in [2.75, 3.05) is 7.11 Å². The second-order valence-corrected chi connectivity index (χ2v) is 3.34. The van der Waals surface area contributed by atoms with Gasteiger partial charge in [-0.15, -0.1) is 0 Å². The van der Waals surface area contributed by atoms with Gasteiger partial charge < -0.3 is 4.74 Å². The number of aromatic amines is 1. The van der Waals surface area contributed by atoms with Crippen LogP contribution in [0.2, 0.25) is 0 Å². The molecule has 0 saturated heterocycles. The van der Waals surface area contributed by atoms with E-state index in [1.54, 1.807) is 6.20 Å². The molecular weight excluding hydrogens is 168 g/mol. The van der Waals surface area contributed by atoms with E-state index in [4.69, 9.17) is 4.74 Å². The molecule has 2 rings (SSSR count). The minimum Gasteiger partial charge on any atom is -0.469 e. The Bertz CT molecular complexity index is 319. The first-order valence-corrected chi connectivity index (χ1v) is 4.40. The zero-order valence-corrected chi connectivity index (χ0v) is 7.54. The average Bonchev–Trinajstić information content (AvgIpc) is 2.63. The van der Waals surface area contributed by atoms with Crippen molar-refractivity contribution in [3.05, 3.63) is 17.5 Å². The third-order valence-electron chi connectivity index (χ3n) is 2.55. The molecule has 1 aliphatic carbocycles. The van der Waals surface area contributed by atoms with Crippen LogP contribution < -0.4 is 0 Å². The predicted molar refractivity (Wildman–Crippen MR) is 46.1 cm³/mol. The van der Waals surface area contributed by atoms with Crippen molar-refractivity contribution in [1.82, 2.24) is 10.2 Å². The lowest BCUT2D eigenvalue weighted by Crippen LogP contribution is -2.23. The fourth-order valence-corrected chi connectivity index (χ4v) is 1.78. The van der Waals surface area contributed by atoms with E-state index < -0.39 is 0 Å². The molecule has 0 aromatic carbocycles. The number of esters is 1. The molecule has 0 radical (unpaired) electrons. The van der Waals surface area contributed by atoms with Crippen LogP contribution in [-0.4, -0.2) is 23.3 Å². The maximum Gasteiger partial charge on any atom is 0.309 e. The summed E-state index contributed by atoms with van der Waals surface area (Å²) < 4.78 is 4.71. The van der Waals surface area contributed by atoms with Crippen LogP contribution in [0.4, 0.5) is 0 Å². The number of nitrogens with zero attached hydrogens (tertiary/aromatic N) is 1. The van der Waals surface area contributed by atoms with Crippen molar-refractivity contribution in [3.8, 4) is 0 Å². The molecule has 0 saturated carbocycles. The maximum atomic E-state index is 11.2. The first-order chi connectivity index (χ1) is 6.31. The fraction of sp³-hybridized carbons (Fsp3) is 0.556. The van der Waals surface area contributed by atoms with Crippen LogP contribution in [0, 0.1) is 5.92 Å². The summed E-state index contributed by atoms with van der Waals surface area (Å²) in [5.41, 5.74) is 2.32. The summed E-state index contributed by atoms with van der Waals surface area (Å²) in [6.45, 7) is 0. The zero-order chi connectivity index (χ0) is 9.26. The van der Waals surface area contributed by atoms with Crippen molar-refractivity contribution in [3.63, 3.8) is 0 Å². The molecule has 70 valence electrons. The number of hydrogen-bond donors (Lipinski definition) is 1. The summed E-state index contributed by atoms with van der Waals surface area (Å²) in [5.74, 6) is -0.0815. The van der Waals surface area contributed by atoms with Gasteiger partial charge in [-0.25, -0.2) is 0 Å². The van der Waals surface area contributed by atoms with Gasteiger partial charge in [-0.1, -0.05) is 0 Å². The number of aromatic nitrogens is 2. The molecule has 0 aliphatic heterocycles. The van der Waals surface area contributed by atoms with E-state index in [2.05, 4.69) is 10.2 Å². The normalized spacial score (nSPS) is 20.8.